The van der Waals surface area contributed by atoms with Crippen molar-refractivity contribution in [3.8, 4) is 5.69 Å². The average Bonchev–Trinajstić information content (AvgIpc) is 2.85. The Hall–Kier alpha value is -3.91. The Bertz CT molecular complexity index is 1180. The number of carbonyl (C=O) groups is 2. The molecule has 176 valence electrons. The van der Waals surface area contributed by atoms with Crippen LogP contribution in [0.25, 0.3) is 5.69 Å². The maximum absolute atomic E-state index is 12.9. The molecule has 8 heteroatoms. The summed E-state index contributed by atoms with van der Waals surface area (Å²) in [6.07, 6.45) is 1.87. The standard InChI is InChI=1S/C26H28N4O4/c1-29-16-14-22(28-26(33)34-18-19-7-3-2-4-8-19)23(17-29)27-25(32)20-10-12-21(13-11-20)30-15-6-5-9-24(30)31/h2-13,15,22-23H,14,16-18H2,1H3,(H,27,32)(H,28,33). The number of likely N-dealkylation sites (N-methyl/N-ethyl adjacent to an activating group) is 1. The lowest BCUT2D eigenvalue weighted by molar-refractivity contribution is 0.0871. The molecule has 2 aromatic carbocycles. The van der Waals surface area contributed by atoms with Gasteiger partial charge in [-0.3, -0.25) is 14.2 Å². The number of carbonyl (C=O) groups excluding carboxylic acids is 2. The molecule has 0 aliphatic carbocycles. The van der Waals surface area contributed by atoms with E-state index in [1.54, 1.807) is 42.6 Å². The van der Waals surface area contributed by atoms with Crippen LogP contribution in [0, 0.1) is 0 Å². The molecule has 34 heavy (non-hydrogen) atoms. The first kappa shape index (κ1) is 23.3. The van der Waals surface area contributed by atoms with Crippen LogP contribution < -0.4 is 16.2 Å². The number of piperidine rings is 1. The Morgan fingerprint density at radius 2 is 1.68 bits per heavy atom. The van der Waals surface area contributed by atoms with Gasteiger partial charge in [-0.2, -0.15) is 0 Å². The highest BCUT2D eigenvalue weighted by Crippen LogP contribution is 2.13. The molecule has 8 nitrogen and oxygen atoms in total. The van der Waals surface area contributed by atoms with Gasteiger partial charge >= 0.3 is 6.09 Å². The van der Waals surface area contributed by atoms with Crippen molar-refractivity contribution in [2.24, 2.45) is 0 Å². The third kappa shape index (κ3) is 5.90. The highest BCUT2D eigenvalue weighted by molar-refractivity contribution is 5.94. The molecule has 1 aliphatic heterocycles. The van der Waals surface area contributed by atoms with Crippen molar-refractivity contribution in [2.75, 3.05) is 20.1 Å². The summed E-state index contributed by atoms with van der Waals surface area (Å²) in [6.45, 7) is 1.59. The van der Waals surface area contributed by atoms with Crippen LogP contribution in [0.4, 0.5) is 4.79 Å². The molecule has 0 spiro atoms. The molecule has 2 heterocycles. The smallest absolute Gasteiger partial charge is 0.407 e. The monoisotopic (exact) mass is 460 g/mol. The van der Waals surface area contributed by atoms with Gasteiger partial charge in [0.2, 0.25) is 0 Å². The first-order valence-corrected chi connectivity index (χ1v) is 11.2. The van der Waals surface area contributed by atoms with Gasteiger partial charge in [0.05, 0.1) is 12.1 Å². The first-order valence-electron chi connectivity index (χ1n) is 11.2. The molecule has 0 radical (unpaired) electrons. The Kier molecular flexibility index (Phi) is 7.39. The number of nitrogens with one attached hydrogen (secondary N) is 2. The molecule has 0 bridgehead atoms. The van der Waals surface area contributed by atoms with Crippen LogP contribution >= 0.6 is 0 Å². The quantitative estimate of drug-likeness (QED) is 0.590. The average molecular weight is 461 g/mol. The summed E-state index contributed by atoms with van der Waals surface area (Å²) in [7, 11) is 1.98. The van der Waals surface area contributed by atoms with Crippen LogP contribution in [0.2, 0.25) is 0 Å². The molecular formula is C26H28N4O4. The predicted molar refractivity (Wildman–Crippen MR) is 129 cm³/mol. The van der Waals surface area contributed by atoms with Crippen molar-refractivity contribution in [3.63, 3.8) is 0 Å². The van der Waals surface area contributed by atoms with E-state index in [1.165, 1.54) is 10.6 Å². The fourth-order valence-electron chi connectivity index (χ4n) is 4.02. The number of alkyl carbamates (subject to hydrolysis) is 1. The lowest BCUT2D eigenvalue weighted by atomic mass is 9.99. The Morgan fingerprint density at radius 1 is 0.941 bits per heavy atom. The molecule has 1 saturated heterocycles. The number of amides is 2. The third-order valence-electron chi connectivity index (χ3n) is 5.88. The minimum absolute atomic E-state index is 0.141. The Balaban J connectivity index is 1.38. The molecule has 3 aromatic rings. The van der Waals surface area contributed by atoms with E-state index in [-0.39, 0.29) is 30.2 Å². The Morgan fingerprint density at radius 3 is 2.41 bits per heavy atom. The third-order valence-corrected chi connectivity index (χ3v) is 5.88. The zero-order chi connectivity index (χ0) is 23.9. The second-order valence-corrected chi connectivity index (χ2v) is 8.40. The highest BCUT2D eigenvalue weighted by atomic mass is 16.5. The van der Waals surface area contributed by atoms with Crippen molar-refractivity contribution in [3.05, 3.63) is 100 Å². The zero-order valence-electron chi connectivity index (χ0n) is 19.0. The molecule has 0 saturated carbocycles. The van der Waals surface area contributed by atoms with Crippen molar-refractivity contribution < 1.29 is 14.3 Å². The maximum atomic E-state index is 12.9. The molecule has 2 unspecified atom stereocenters. The normalized spacial score (nSPS) is 18.1. The second-order valence-electron chi connectivity index (χ2n) is 8.40. The van der Waals surface area contributed by atoms with Crippen LogP contribution in [0.1, 0.15) is 22.3 Å². The van der Waals surface area contributed by atoms with E-state index in [0.29, 0.717) is 24.2 Å². The van der Waals surface area contributed by atoms with E-state index in [0.717, 1.165) is 12.1 Å². The van der Waals surface area contributed by atoms with E-state index in [9.17, 15) is 14.4 Å². The van der Waals surface area contributed by atoms with Crippen LogP contribution in [0.5, 0.6) is 0 Å². The van der Waals surface area contributed by atoms with Crippen LogP contribution in [0.15, 0.2) is 83.8 Å². The van der Waals surface area contributed by atoms with Crippen LogP contribution in [0.3, 0.4) is 0 Å². The van der Waals surface area contributed by atoms with Gasteiger partial charge in [0.25, 0.3) is 11.5 Å². The van der Waals surface area contributed by atoms with E-state index >= 15 is 0 Å². The zero-order valence-corrected chi connectivity index (χ0v) is 19.0. The van der Waals surface area contributed by atoms with Crippen molar-refractivity contribution in [1.82, 2.24) is 20.1 Å². The molecule has 4 rings (SSSR count). The summed E-state index contributed by atoms with van der Waals surface area (Å²) in [4.78, 5) is 39.4. The molecule has 2 amide bonds. The minimum Gasteiger partial charge on any atom is -0.445 e. The van der Waals surface area contributed by atoms with E-state index in [2.05, 4.69) is 15.5 Å². The SMILES string of the molecule is CN1CCC(NC(=O)OCc2ccccc2)C(NC(=O)c2ccc(-n3ccccc3=O)cc2)C1. The molecule has 1 aromatic heterocycles. The second kappa shape index (κ2) is 10.8. The van der Waals surface area contributed by atoms with E-state index in [4.69, 9.17) is 4.74 Å². The number of benzene rings is 2. The lowest BCUT2D eigenvalue weighted by Crippen LogP contribution is -2.59. The number of hydrogen-bond acceptors (Lipinski definition) is 5. The van der Waals surface area contributed by atoms with Gasteiger partial charge in [0.1, 0.15) is 6.61 Å². The van der Waals surface area contributed by atoms with Gasteiger partial charge in [-0.1, -0.05) is 36.4 Å². The molecule has 2 atom stereocenters. The van der Waals surface area contributed by atoms with Crippen LogP contribution in [-0.2, 0) is 11.3 Å². The van der Waals surface area contributed by atoms with Gasteiger partial charge in [0.15, 0.2) is 0 Å². The number of likely N-dealkylation sites (tertiary alicyclic amines) is 1. The number of pyridine rings is 1. The number of nitrogens with zero attached hydrogens (tertiary/aromatic N) is 2. The van der Waals surface area contributed by atoms with Gasteiger partial charge < -0.3 is 20.3 Å². The first-order chi connectivity index (χ1) is 16.5. The molecule has 2 N–H and O–H groups in total. The maximum Gasteiger partial charge on any atom is 0.407 e. The van der Waals surface area contributed by atoms with Gasteiger partial charge in [-0.25, -0.2) is 4.79 Å². The summed E-state index contributed by atoms with van der Waals surface area (Å²) in [6, 6.07) is 20.8. The molecule has 1 fully saturated rings. The van der Waals surface area contributed by atoms with Gasteiger partial charge in [-0.15, -0.1) is 0 Å². The highest BCUT2D eigenvalue weighted by Gasteiger charge is 2.30. The summed E-state index contributed by atoms with van der Waals surface area (Å²) < 4.78 is 6.87. The molecule has 1 aliphatic rings. The number of ether oxygens (including phenoxy) is 1. The van der Waals surface area contributed by atoms with Crippen molar-refractivity contribution in [1.29, 1.82) is 0 Å². The largest absolute Gasteiger partial charge is 0.445 e. The Labute approximate surface area is 198 Å². The summed E-state index contributed by atoms with van der Waals surface area (Å²) in [5.41, 5.74) is 1.93. The van der Waals surface area contributed by atoms with E-state index < -0.39 is 6.09 Å². The number of aromatic nitrogens is 1. The summed E-state index contributed by atoms with van der Waals surface area (Å²) in [5.74, 6) is -0.239. The minimum atomic E-state index is -0.504. The summed E-state index contributed by atoms with van der Waals surface area (Å²) >= 11 is 0. The molecular weight excluding hydrogens is 432 g/mol. The topological polar surface area (TPSA) is 92.7 Å². The van der Waals surface area contributed by atoms with Gasteiger partial charge in [0, 0.05) is 30.1 Å². The van der Waals surface area contributed by atoms with E-state index in [1.807, 2.05) is 37.4 Å². The van der Waals surface area contributed by atoms with Gasteiger partial charge in [-0.05, 0) is 55.9 Å². The number of hydrogen-bond donors (Lipinski definition) is 2. The van der Waals surface area contributed by atoms with Crippen LogP contribution in [-0.4, -0.2) is 53.7 Å². The fourth-order valence-corrected chi connectivity index (χ4v) is 4.02. The lowest BCUT2D eigenvalue weighted by Gasteiger charge is -2.37. The summed E-state index contributed by atoms with van der Waals surface area (Å²) in [5, 5.41) is 5.96. The predicted octanol–water partition coefficient (Wildman–Crippen LogP) is 2.57. The number of rotatable bonds is 6. The fraction of sp³-hybridized carbons (Fsp3) is 0.269. The van der Waals surface area contributed by atoms with Crippen molar-refractivity contribution >= 4 is 12.0 Å². The van der Waals surface area contributed by atoms with Crippen molar-refractivity contribution in [2.45, 2.75) is 25.1 Å².